The molecule has 4 nitrogen and oxygen atoms in total. The third kappa shape index (κ3) is 10.1. The zero-order valence-electron chi connectivity index (χ0n) is 13.7. The maximum absolute atomic E-state index is 10.7. The predicted molar refractivity (Wildman–Crippen MR) is 95.6 cm³/mol. The maximum atomic E-state index is 9.87. The van der Waals surface area contributed by atoms with E-state index in [-0.39, 0.29) is 5.69 Å². The van der Waals surface area contributed by atoms with E-state index in [1.807, 2.05) is 19.0 Å². The minimum atomic E-state index is -10.7. The Hall–Kier alpha value is -1.95. The van der Waals surface area contributed by atoms with E-state index in [2.05, 4.69) is 4.98 Å². The molecule has 2 rings (SSSR count). The Balaban J connectivity index is 0.000000445. The third-order valence-corrected chi connectivity index (χ3v) is 3.29. The van der Waals surface area contributed by atoms with Crippen molar-refractivity contribution < 1.29 is 29.9 Å². The standard InChI is InChI=1S/C14H12Cl2N3O.F6P/c1-19(2)13-8-11(7-12(18-17)14(13)16)20-10-5-3-9(15)4-6-10;1-7(2,3,4,5)6/h3-8H,1-2H3;/q+1;-1. The molecule has 2 aromatic rings. The molecule has 0 N–H and O–H groups in total. The molecule has 0 unspecified atom stereocenters. The van der Waals surface area contributed by atoms with Gasteiger partial charge in [-0.15, -0.1) is 0 Å². The molecule has 0 aliphatic rings. The molecule has 13 heteroatoms. The van der Waals surface area contributed by atoms with E-state index in [1.54, 1.807) is 36.4 Å². The number of diazo groups is 1. The van der Waals surface area contributed by atoms with Gasteiger partial charge in [-0.2, -0.15) is 0 Å². The van der Waals surface area contributed by atoms with E-state index in [0.717, 1.165) is 0 Å². The molecule has 0 aromatic heterocycles. The molecule has 150 valence electrons. The van der Waals surface area contributed by atoms with Crippen molar-refractivity contribution in [2.75, 3.05) is 19.0 Å². The zero-order valence-corrected chi connectivity index (χ0v) is 16.1. The second-order valence-electron chi connectivity index (χ2n) is 5.28. The van der Waals surface area contributed by atoms with Gasteiger partial charge >= 0.3 is 38.7 Å². The van der Waals surface area contributed by atoms with Crippen LogP contribution in [0.25, 0.3) is 4.98 Å². The summed E-state index contributed by atoms with van der Waals surface area (Å²) in [4.78, 5) is 4.98. The van der Waals surface area contributed by atoms with Crippen LogP contribution >= 0.6 is 31.0 Å². The van der Waals surface area contributed by atoms with Crippen molar-refractivity contribution in [1.29, 1.82) is 5.39 Å². The summed E-state index contributed by atoms with van der Waals surface area (Å²) in [6.07, 6.45) is 0. The van der Waals surface area contributed by atoms with Gasteiger partial charge in [-0.1, -0.05) is 23.2 Å². The van der Waals surface area contributed by atoms with E-state index in [9.17, 15) is 25.2 Å². The Kier molecular flexibility index (Phi) is 6.18. The summed E-state index contributed by atoms with van der Waals surface area (Å²) in [6.45, 7) is 0. The van der Waals surface area contributed by atoms with Crippen molar-refractivity contribution >= 4 is 42.4 Å². The van der Waals surface area contributed by atoms with Crippen LogP contribution in [-0.4, -0.2) is 14.1 Å². The number of ether oxygens (including phenoxy) is 1. The molecular formula is C14H12Cl2F6N3OP. The van der Waals surface area contributed by atoms with Crippen LogP contribution in [0.5, 0.6) is 11.5 Å². The summed E-state index contributed by atoms with van der Waals surface area (Å²) < 4.78 is 64.9. The van der Waals surface area contributed by atoms with Crippen molar-refractivity contribution in [2.24, 2.45) is 0 Å². The third-order valence-electron chi connectivity index (χ3n) is 2.65. The summed E-state index contributed by atoms with van der Waals surface area (Å²) >= 11 is 12.0. The van der Waals surface area contributed by atoms with Gasteiger partial charge in [0.25, 0.3) is 0 Å². The number of nitrogens with zero attached hydrogens (tertiary/aromatic N) is 3. The second kappa shape index (κ2) is 7.23. The Morgan fingerprint density at radius 1 is 0.926 bits per heavy atom. The first-order valence-corrected chi connectivity index (χ1v) is 9.60. The number of hydrogen-bond acceptors (Lipinski definition) is 3. The zero-order chi connectivity index (χ0) is 21.1. The van der Waals surface area contributed by atoms with Gasteiger partial charge in [-0.05, 0) is 24.3 Å². The Labute approximate surface area is 160 Å². The molecule has 0 aliphatic heterocycles. The van der Waals surface area contributed by atoms with Crippen LogP contribution in [0.1, 0.15) is 0 Å². The Morgan fingerprint density at radius 3 is 1.81 bits per heavy atom. The van der Waals surface area contributed by atoms with Crippen LogP contribution in [0.2, 0.25) is 10.0 Å². The van der Waals surface area contributed by atoms with Gasteiger partial charge in [0.1, 0.15) is 11.5 Å². The average molecular weight is 454 g/mol. The molecule has 0 atom stereocenters. The molecule has 0 saturated heterocycles. The summed E-state index contributed by atoms with van der Waals surface area (Å²) in [5.74, 6) is 1.15. The molecular weight excluding hydrogens is 442 g/mol. The van der Waals surface area contributed by atoms with E-state index in [4.69, 9.17) is 33.3 Å². The van der Waals surface area contributed by atoms with Crippen LogP contribution in [0, 0.1) is 5.39 Å². The van der Waals surface area contributed by atoms with E-state index >= 15 is 0 Å². The Bertz CT molecular complexity index is 856. The van der Waals surface area contributed by atoms with Crippen LogP contribution in [0.3, 0.4) is 0 Å². The first kappa shape index (κ1) is 23.1. The van der Waals surface area contributed by atoms with Crippen LogP contribution in [0.4, 0.5) is 36.6 Å². The van der Waals surface area contributed by atoms with Crippen molar-refractivity contribution in [3.05, 3.63) is 51.4 Å². The summed E-state index contributed by atoms with van der Waals surface area (Å²) in [6, 6.07) is 10.3. The average Bonchev–Trinajstić information content (AvgIpc) is 2.47. The van der Waals surface area contributed by atoms with E-state index < -0.39 is 7.81 Å². The molecule has 0 fully saturated rings. The van der Waals surface area contributed by atoms with Gasteiger partial charge in [-0.3, -0.25) is 0 Å². The summed E-state index contributed by atoms with van der Waals surface area (Å²) in [7, 11) is -6.97. The first-order chi connectivity index (χ1) is 12.0. The molecule has 0 saturated carbocycles. The molecule has 27 heavy (non-hydrogen) atoms. The van der Waals surface area contributed by atoms with Gasteiger partial charge in [0.2, 0.25) is 5.39 Å². The molecule has 0 aliphatic carbocycles. The molecule has 0 radical (unpaired) electrons. The van der Waals surface area contributed by atoms with Crippen LogP contribution < -0.4 is 9.64 Å². The van der Waals surface area contributed by atoms with Crippen molar-refractivity contribution in [3.63, 3.8) is 0 Å². The fourth-order valence-corrected chi connectivity index (χ4v) is 2.11. The number of rotatable bonds is 3. The predicted octanol–water partition coefficient (Wildman–Crippen LogP) is 8.72. The van der Waals surface area contributed by atoms with Gasteiger partial charge in [0.15, 0.2) is 10.00 Å². The SMILES string of the molecule is CN(C)c1cc(Oc2ccc(Cl)cc2)cc([N+]#N)c1Cl.F[P-](F)(F)(F)(F)F. The van der Waals surface area contributed by atoms with Gasteiger partial charge in [-0.25, -0.2) is 0 Å². The normalized spacial score (nSPS) is 13.4. The van der Waals surface area contributed by atoms with Crippen molar-refractivity contribution in [1.82, 2.24) is 0 Å². The number of anilines is 1. The quantitative estimate of drug-likeness (QED) is 0.265. The minimum absolute atomic E-state index is 0.252. The van der Waals surface area contributed by atoms with Gasteiger partial charge in [0, 0.05) is 25.2 Å². The summed E-state index contributed by atoms with van der Waals surface area (Å²) in [5.41, 5.74) is 0.952. The molecule has 2 aromatic carbocycles. The van der Waals surface area contributed by atoms with E-state index in [0.29, 0.717) is 27.2 Å². The molecule has 0 heterocycles. The van der Waals surface area contributed by atoms with Crippen molar-refractivity contribution in [3.8, 4) is 11.5 Å². The number of halogens is 8. The fourth-order valence-electron chi connectivity index (χ4n) is 1.66. The Morgan fingerprint density at radius 2 is 1.41 bits per heavy atom. The van der Waals surface area contributed by atoms with Gasteiger partial charge < -0.3 is 9.64 Å². The number of hydrogen-bond donors (Lipinski definition) is 0. The van der Waals surface area contributed by atoms with Gasteiger partial charge in [0.05, 0.1) is 11.8 Å². The summed E-state index contributed by atoms with van der Waals surface area (Å²) in [5, 5.41) is 10.00. The fraction of sp³-hybridized carbons (Fsp3) is 0.143. The monoisotopic (exact) mass is 453 g/mol. The second-order valence-corrected chi connectivity index (χ2v) is 8.02. The molecule has 0 spiro atoms. The first-order valence-electron chi connectivity index (χ1n) is 6.82. The van der Waals surface area contributed by atoms with Crippen LogP contribution in [0.15, 0.2) is 36.4 Å². The number of benzene rings is 2. The van der Waals surface area contributed by atoms with Crippen molar-refractivity contribution in [2.45, 2.75) is 0 Å². The molecule has 0 amide bonds. The van der Waals surface area contributed by atoms with Crippen LogP contribution in [-0.2, 0) is 0 Å². The van der Waals surface area contributed by atoms with E-state index in [1.165, 1.54) is 0 Å². The topological polar surface area (TPSA) is 40.6 Å². The molecule has 0 bridgehead atoms.